The number of carbonyl (C=O) groups is 1. The fourth-order valence-corrected chi connectivity index (χ4v) is 4.48. The standard InChI is InChI=1S/C18H24N4O3S/c1-14-5-6-15(2)16(9-14)10-19-17(23)11-21-12-18(20-13-21)26(24,25)22-7-3-4-8-22/h5-6,9,12-13H,3-4,7-8,10-11H2,1-2H3,(H,19,23). The first-order chi connectivity index (χ1) is 12.4. The van der Waals surface area contributed by atoms with Gasteiger partial charge in [-0.3, -0.25) is 4.79 Å². The molecular formula is C18H24N4O3S. The number of imidazole rings is 1. The van der Waals surface area contributed by atoms with Crippen molar-refractivity contribution in [2.24, 2.45) is 0 Å². The van der Waals surface area contributed by atoms with Crippen LogP contribution in [0.4, 0.5) is 0 Å². The molecule has 0 unspecified atom stereocenters. The minimum absolute atomic E-state index is 0.00160. The minimum Gasteiger partial charge on any atom is -0.350 e. The number of rotatable bonds is 6. The van der Waals surface area contributed by atoms with Crippen LogP contribution < -0.4 is 5.32 Å². The maximum atomic E-state index is 12.5. The number of aryl methyl sites for hydroxylation is 2. The number of benzene rings is 1. The summed E-state index contributed by atoms with van der Waals surface area (Å²) < 4.78 is 27.9. The van der Waals surface area contributed by atoms with Gasteiger partial charge in [-0.05, 0) is 37.8 Å². The molecule has 2 aromatic rings. The molecule has 0 saturated carbocycles. The van der Waals surface area contributed by atoms with Gasteiger partial charge in [-0.1, -0.05) is 23.8 Å². The van der Waals surface area contributed by atoms with Gasteiger partial charge in [0.2, 0.25) is 5.91 Å². The van der Waals surface area contributed by atoms with Crippen LogP contribution in [0, 0.1) is 13.8 Å². The summed E-state index contributed by atoms with van der Waals surface area (Å²) >= 11 is 0. The summed E-state index contributed by atoms with van der Waals surface area (Å²) in [6, 6.07) is 6.12. The number of nitrogens with one attached hydrogen (secondary N) is 1. The van der Waals surface area contributed by atoms with Crippen LogP contribution in [0.5, 0.6) is 0 Å². The molecule has 1 saturated heterocycles. The second kappa shape index (κ2) is 7.59. The van der Waals surface area contributed by atoms with Crippen LogP contribution in [0.1, 0.15) is 29.5 Å². The van der Waals surface area contributed by atoms with E-state index in [0.717, 1.165) is 29.5 Å². The Kier molecular flexibility index (Phi) is 5.43. The molecule has 1 aromatic carbocycles. The van der Waals surface area contributed by atoms with Crippen molar-refractivity contribution < 1.29 is 13.2 Å². The Morgan fingerprint density at radius 1 is 1.23 bits per heavy atom. The third kappa shape index (κ3) is 4.13. The van der Waals surface area contributed by atoms with Crippen LogP contribution in [0.15, 0.2) is 35.7 Å². The van der Waals surface area contributed by atoms with E-state index in [0.29, 0.717) is 19.6 Å². The molecular weight excluding hydrogens is 352 g/mol. The summed E-state index contributed by atoms with van der Waals surface area (Å²) in [6.07, 6.45) is 4.56. The van der Waals surface area contributed by atoms with Crippen molar-refractivity contribution in [2.45, 2.75) is 44.8 Å². The highest BCUT2D eigenvalue weighted by molar-refractivity contribution is 7.89. The molecule has 0 bridgehead atoms. The summed E-state index contributed by atoms with van der Waals surface area (Å²) in [5.41, 5.74) is 3.34. The highest BCUT2D eigenvalue weighted by atomic mass is 32.2. The zero-order chi connectivity index (χ0) is 18.7. The topological polar surface area (TPSA) is 84.3 Å². The first kappa shape index (κ1) is 18.6. The van der Waals surface area contributed by atoms with Crippen LogP contribution in [0.25, 0.3) is 0 Å². The lowest BCUT2D eigenvalue weighted by Crippen LogP contribution is -2.28. The molecule has 8 heteroatoms. The lowest BCUT2D eigenvalue weighted by molar-refractivity contribution is -0.121. The van der Waals surface area contributed by atoms with E-state index >= 15 is 0 Å². The Labute approximate surface area is 154 Å². The van der Waals surface area contributed by atoms with Gasteiger partial charge in [0.05, 0.1) is 6.33 Å². The third-order valence-corrected chi connectivity index (χ3v) is 6.37. The summed E-state index contributed by atoms with van der Waals surface area (Å²) in [6.45, 7) is 5.56. The quantitative estimate of drug-likeness (QED) is 0.830. The maximum absolute atomic E-state index is 12.5. The molecule has 1 amide bonds. The van der Waals surface area contributed by atoms with Gasteiger partial charge in [-0.25, -0.2) is 13.4 Å². The molecule has 0 radical (unpaired) electrons. The Morgan fingerprint density at radius 2 is 1.96 bits per heavy atom. The van der Waals surface area contributed by atoms with E-state index in [4.69, 9.17) is 0 Å². The van der Waals surface area contributed by atoms with E-state index in [1.807, 2.05) is 32.0 Å². The average Bonchev–Trinajstić information content (AvgIpc) is 3.27. The molecule has 1 aliphatic heterocycles. The van der Waals surface area contributed by atoms with Gasteiger partial charge in [0.15, 0.2) is 5.03 Å². The largest absolute Gasteiger partial charge is 0.350 e. The number of aromatic nitrogens is 2. The SMILES string of the molecule is Cc1ccc(C)c(CNC(=O)Cn2cnc(S(=O)(=O)N3CCCC3)c2)c1. The Hall–Kier alpha value is -2.19. The molecule has 0 atom stereocenters. The molecule has 0 aliphatic carbocycles. The second-order valence-electron chi connectivity index (χ2n) is 6.70. The van der Waals surface area contributed by atoms with Crippen LogP contribution in [0.3, 0.4) is 0 Å². The molecule has 1 aromatic heterocycles. The molecule has 26 heavy (non-hydrogen) atoms. The van der Waals surface area contributed by atoms with Crippen LogP contribution in [-0.2, 0) is 27.9 Å². The highest BCUT2D eigenvalue weighted by Crippen LogP contribution is 2.19. The van der Waals surface area contributed by atoms with Gasteiger partial charge in [0, 0.05) is 25.8 Å². The summed E-state index contributed by atoms with van der Waals surface area (Å²) in [5, 5.41) is 2.87. The van der Waals surface area contributed by atoms with Crippen molar-refractivity contribution in [3.63, 3.8) is 0 Å². The van der Waals surface area contributed by atoms with E-state index < -0.39 is 10.0 Å². The number of amides is 1. The van der Waals surface area contributed by atoms with E-state index in [2.05, 4.69) is 10.3 Å². The number of carbonyl (C=O) groups excluding carboxylic acids is 1. The molecule has 1 fully saturated rings. The zero-order valence-electron chi connectivity index (χ0n) is 15.1. The van der Waals surface area contributed by atoms with Gasteiger partial charge in [-0.15, -0.1) is 0 Å². The predicted octanol–water partition coefficient (Wildman–Crippen LogP) is 1.60. The van der Waals surface area contributed by atoms with Crippen LogP contribution in [-0.4, -0.2) is 41.3 Å². The lowest BCUT2D eigenvalue weighted by atomic mass is 10.1. The molecule has 1 aliphatic rings. The van der Waals surface area contributed by atoms with Crippen LogP contribution >= 0.6 is 0 Å². The average molecular weight is 376 g/mol. The van der Waals surface area contributed by atoms with E-state index in [1.165, 1.54) is 21.4 Å². The minimum atomic E-state index is -3.55. The molecule has 2 heterocycles. The lowest BCUT2D eigenvalue weighted by Gasteiger charge is -2.12. The Balaban J connectivity index is 1.60. The van der Waals surface area contributed by atoms with Crippen molar-refractivity contribution in [1.29, 1.82) is 0 Å². The molecule has 3 rings (SSSR count). The smallest absolute Gasteiger partial charge is 0.262 e. The van der Waals surface area contributed by atoms with E-state index in [9.17, 15) is 13.2 Å². The number of hydrogen-bond donors (Lipinski definition) is 1. The molecule has 1 N–H and O–H groups in total. The van der Waals surface area contributed by atoms with Gasteiger partial charge in [0.25, 0.3) is 10.0 Å². The van der Waals surface area contributed by atoms with Gasteiger partial charge in [0.1, 0.15) is 6.54 Å². The fraction of sp³-hybridized carbons (Fsp3) is 0.444. The monoisotopic (exact) mass is 376 g/mol. The van der Waals surface area contributed by atoms with Gasteiger partial charge < -0.3 is 9.88 Å². The fourth-order valence-electron chi connectivity index (χ4n) is 3.03. The Bertz CT molecular complexity index is 899. The Morgan fingerprint density at radius 3 is 2.69 bits per heavy atom. The van der Waals surface area contributed by atoms with Crippen LogP contribution in [0.2, 0.25) is 0 Å². The van der Waals surface area contributed by atoms with Crippen molar-refractivity contribution in [3.05, 3.63) is 47.4 Å². The first-order valence-corrected chi connectivity index (χ1v) is 10.1. The number of sulfonamides is 1. The van der Waals surface area contributed by atoms with Gasteiger partial charge >= 0.3 is 0 Å². The van der Waals surface area contributed by atoms with Gasteiger partial charge in [-0.2, -0.15) is 4.31 Å². The summed E-state index contributed by atoms with van der Waals surface area (Å²) in [5.74, 6) is -0.187. The summed E-state index contributed by atoms with van der Waals surface area (Å²) in [7, 11) is -3.55. The summed E-state index contributed by atoms with van der Waals surface area (Å²) in [4.78, 5) is 16.2. The second-order valence-corrected chi connectivity index (χ2v) is 8.59. The predicted molar refractivity (Wildman–Crippen MR) is 98.0 cm³/mol. The zero-order valence-corrected chi connectivity index (χ0v) is 15.9. The molecule has 7 nitrogen and oxygen atoms in total. The first-order valence-electron chi connectivity index (χ1n) is 8.71. The number of nitrogens with zero attached hydrogens (tertiary/aromatic N) is 3. The van der Waals surface area contributed by atoms with Crippen molar-refractivity contribution in [1.82, 2.24) is 19.2 Å². The van der Waals surface area contributed by atoms with Crippen molar-refractivity contribution in [3.8, 4) is 0 Å². The highest BCUT2D eigenvalue weighted by Gasteiger charge is 2.29. The van der Waals surface area contributed by atoms with E-state index in [-0.39, 0.29) is 17.5 Å². The van der Waals surface area contributed by atoms with Crippen molar-refractivity contribution >= 4 is 15.9 Å². The molecule has 140 valence electrons. The normalized spacial score (nSPS) is 15.3. The van der Waals surface area contributed by atoms with E-state index in [1.54, 1.807) is 0 Å². The molecule has 0 spiro atoms. The third-order valence-electron chi connectivity index (χ3n) is 4.59. The van der Waals surface area contributed by atoms with Crippen molar-refractivity contribution in [2.75, 3.05) is 13.1 Å². The number of hydrogen-bond acceptors (Lipinski definition) is 4. The maximum Gasteiger partial charge on any atom is 0.262 e.